The van der Waals surface area contributed by atoms with Crippen LogP contribution >= 0.6 is 0 Å². The minimum Gasteiger partial charge on any atom is -0.486 e. The monoisotopic (exact) mass is 634 g/mol. The Morgan fingerprint density at radius 2 is 1.73 bits per heavy atom. The van der Waals surface area contributed by atoms with Crippen LogP contribution in [0.4, 0.5) is 29.3 Å². The third-order valence-electron chi connectivity index (χ3n) is 7.30. The molecule has 3 aromatic rings. The summed E-state index contributed by atoms with van der Waals surface area (Å²) in [6.07, 6.45) is -5.34. The van der Waals surface area contributed by atoms with E-state index in [-0.39, 0.29) is 47.3 Å². The van der Waals surface area contributed by atoms with E-state index in [1.54, 1.807) is 32.0 Å². The van der Waals surface area contributed by atoms with Gasteiger partial charge in [0.05, 0.1) is 40.9 Å². The van der Waals surface area contributed by atoms with Gasteiger partial charge in [0.1, 0.15) is 6.10 Å². The molecule has 4 rings (SSSR count). The summed E-state index contributed by atoms with van der Waals surface area (Å²) < 4.78 is 72.8. The van der Waals surface area contributed by atoms with Crippen LogP contribution in [-0.2, 0) is 16.2 Å². The number of ether oxygens (including phenoxy) is 1. The number of alkyl halides is 3. The highest BCUT2D eigenvalue weighted by Gasteiger charge is 2.36. The van der Waals surface area contributed by atoms with Gasteiger partial charge in [-0.15, -0.1) is 0 Å². The van der Waals surface area contributed by atoms with Crippen molar-refractivity contribution in [2.24, 2.45) is 5.92 Å². The molecule has 0 saturated carbocycles. The lowest BCUT2D eigenvalue weighted by Gasteiger charge is -2.38. The molecule has 0 saturated heterocycles. The molecular weight excluding hydrogens is 601 g/mol. The zero-order chi connectivity index (χ0) is 32.2. The number of nitrogens with one attached hydrogen (secondary N) is 2. The van der Waals surface area contributed by atoms with Crippen molar-refractivity contribution >= 4 is 33.3 Å². The first-order valence-corrected chi connectivity index (χ1v) is 15.1. The van der Waals surface area contributed by atoms with Crippen LogP contribution in [0.15, 0.2) is 77.7 Å². The van der Waals surface area contributed by atoms with E-state index in [9.17, 15) is 36.3 Å². The lowest BCUT2D eigenvalue weighted by Crippen LogP contribution is -2.50. The van der Waals surface area contributed by atoms with Crippen LogP contribution in [-0.4, -0.2) is 73.6 Å². The van der Waals surface area contributed by atoms with Crippen molar-refractivity contribution < 1.29 is 41.0 Å². The summed E-state index contributed by atoms with van der Waals surface area (Å²) in [7, 11) is -2.48. The molecule has 0 aliphatic carbocycles. The number of carbonyl (C=O) groups is 2. The van der Waals surface area contributed by atoms with E-state index in [1.807, 2.05) is 0 Å². The van der Waals surface area contributed by atoms with Crippen LogP contribution < -0.4 is 15.4 Å². The molecule has 14 heteroatoms. The van der Waals surface area contributed by atoms with Crippen molar-refractivity contribution in [1.29, 1.82) is 0 Å². The van der Waals surface area contributed by atoms with Crippen LogP contribution in [0.1, 0.15) is 29.8 Å². The number of halogens is 3. The number of carbonyl (C=O) groups excluding carboxylic acids is 2. The van der Waals surface area contributed by atoms with Gasteiger partial charge in [-0.3, -0.25) is 4.79 Å². The van der Waals surface area contributed by atoms with Crippen molar-refractivity contribution in [3.63, 3.8) is 0 Å². The van der Waals surface area contributed by atoms with Gasteiger partial charge in [0.25, 0.3) is 5.91 Å². The second kappa shape index (κ2) is 13.2. The molecule has 0 spiro atoms. The maximum atomic E-state index is 13.7. The predicted molar refractivity (Wildman–Crippen MR) is 158 cm³/mol. The number of amides is 3. The maximum Gasteiger partial charge on any atom is 0.416 e. The molecular formula is C30H33F3N4O6S. The first kappa shape index (κ1) is 32.8. The number of rotatable bonds is 8. The van der Waals surface area contributed by atoms with E-state index in [4.69, 9.17) is 4.74 Å². The third kappa shape index (κ3) is 7.31. The first-order valence-electron chi connectivity index (χ1n) is 13.7. The number of sulfonamides is 1. The molecule has 0 unspecified atom stereocenters. The number of likely N-dealkylation sites (N-methyl/N-ethyl adjacent to an activating group) is 1. The highest BCUT2D eigenvalue weighted by molar-refractivity contribution is 7.89. The molecule has 0 aromatic heterocycles. The summed E-state index contributed by atoms with van der Waals surface area (Å²) in [4.78, 5) is 28.1. The topological polar surface area (TPSA) is 128 Å². The molecule has 10 nitrogen and oxygen atoms in total. The highest BCUT2D eigenvalue weighted by Crippen LogP contribution is 2.35. The Hall–Kier alpha value is -4.14. The molecule has 0 fully saturated rings. The summed E-state index contributed by atoms with van der Waals surface area (Å²) in [5.74, 6) is -0.912. The van der Waals surface area contributed by atoms with Crippen LogP contribution in [0.2, 0.25) is 0 Å². The number of para-hydroxylation sites is 1. The Morgan fingerprint density at radius 1 is 1.07 bits per heavy atom. The number of aliphatic hydroxyl groups is 1. The fourth-order valence-corrected chi connectivity index (χ4v) is 5.91. The lowest BCUT2D eigenvalue weighted by molar-refractivity contribution is -0.137. The van der Waals surface area contributed by atoms with Gasteiger partial charge in [-0.25, -0.2) is 13.2 Å². The molecule has 3 atom stereocenters. The number of nitrogens with zero attached hydrogens (tertiary/aromatic N) is 2. The SMILES string of the molecule is C[C@H](CO)N1C[C@H](C)[C@H](CN(C)S(=O)(=O)c2ccccc2)Oc2c(NC(=O)Nc3ccc(C(F)(F)F)cc3)cccc2C1=O. The van der Waals surface area contributed by atoms with Gasteiger partial charge in [0.15, 0.2) is 5.75 Å². The van der Waals surface area contributed by atoms with Gasteiger partial charge in [-0.1, -0.05) is 31.2 Å². The van der Waals surface area contributed by atoms with Gasteiger partial charge in [-0.05, 0) is 55.5 Å². The Bertz CT molecular complexity index is 1590. The predicted octanol–water partition coefficient (Wildman–Crippen LogP) is 4.89. The van der Waals surface area contributed by atoms with Crippen molar-refractivity contribution in [3.05, 3.63) is 83.9 Å². The molecule has 1 aliphatic heterocycles. The number of fused-ring (bicyclic) bond motifs is 1. The molecule has 1 aliphatic rings. The number of benzene rings is 3. The summed E-state index contributed by atoms with van der Waals surface area (Å²) in [6, 6.07) is 14.8. The Labute approximate surface area is 253 Å². The van der Waals surface area contributed by atoms with E-state index >= 15 is 0 Å². The van der Waals surface area contributed by atoms with Gasteiger partial charge < -0.3 is 25.4 Å². The van der Waals surface area contributed by atoms with Crippen LogP contribution in [0.3, 0.4) is 0 Å². The van der Waals surface area contributed by atoms with Gasteiger partial charge >= 0.3 is 12.2 Å². The standard InChI is InChI=1S/C30H33F3N4O6S/c1-19-16-37(20(2)18-38)28(39)24-10-7-11-25(35-29(40)34-22-14-12-21(13-15-22)30(31,32)33)27(24)43-26(19)17-36(3)44(41,42)23-8-5-4-6-9-23/h4-15,19-20,26,38H,16-18H2,1-3H3,(H2,34,35,40)/t19-,20+,26-/m0/s1. The van der Waals surface area contributed by atoms with Gasteiger partial charge in [-0.2, -0.15) is 17.5 Å². The normalized spacial score (nSPS) is 18.1. The number of hydrogen-bond acceptors (Lipinski definition) is 6. The van der Waals surface area contributed by atoms with Gasteiger partial charge in [0, 0.05) is 25.2 Å². The van der Waals surface area contributed by atoms with E-state index in [0.29, 0.717) is 0 Å². The van der Waals surface area contributed by atoms with Crippen molar-refractivity contribution in [2.45, 2.75) is 37.1 Å². The summed E-state index contributed by atoms with van der Waals surface area (Å²) in [6.45, 7) is 3.17. The largest absolute Gasteiger partial charge is 0.486 e. The minimum absolute atomic E-state index is 0.0164. The molecule has 3 N–H and O–H groups in total. The summed E-state index contributed by atoms with van der Waals surface area (Å²) in [5.41, 5.74) is -0.637. The summed E-state index contributed by atoms with van der Waals surface area (Å²) >= 11 is 0. The van der Waals surface area contributed by atoms with Crippen LogP contribution in [0.5, 0.6) is 5.75 Å². The van der Waals surface area contributed by atoms with Crippen molar-refractivity contribution in [3.8, 4) is 5.75 Å². The van der Waals surface area contributed by atoms with Crippen LogP contribution in [0.25, 0.3) is 0 Å². The molecule has 0 bridgehead atoms. The quantitative estimate of drug-likeness (QED) is 0.324. The molecule has 0 radical (unpaired) electrons. The zero-order valence-corrected chi connectivity index (χ0v) is 25.0. The summed E-state index contributed by atoms with van der Waals surface area (Å²) in [5, 5.41) is 14.9. The molecule has 1 heterocycles. The molecule has 3 amide bonds. The van der Waals surface area contributed by atoms with Gasteiger partial charge in [0.2, 0.25) is 10.0 Å². The molecule has 44 heavy (non-hydrogen) atoms. The van der Waals surface area contributed by atoms with Crippen molar-refractivity contribution in [1.82, 2.24) is 9.21 Å². The first-order chi connectivity index (χ1) is 20.7. The second-order valence-electron chi connectivity index (χ2n) is 10.6. The number of aliphatic hydroxyl groups excluding tert-OH is 1. The molecule has 236 valence electrons. The Balaban J connectivity index is 1.65. The number of hydrogen-bond donors (Lipinski definition) is 3. The third-order valence-corrected chi connectivity index (χ3v) is 9.14. The van der Waals surface area contributed by atoms with Crippen molar-refractivity contribution in [2.75, 3.05) is 37.4 Å². The lowest BCUT2D eigenvalue weighted by atomic mass is 9.99. The zero-order valence-electron chi connectivity index (χ0n) is 24.2. The smallest absolute Gasteiger partial charge is 0.416 e. The van der Waals surface area contributed by atoms with Crippen LogP contribution in [0, 0.1) is 5.92 Å². The highest BCUT2D eigenvalue weighted by atomic mass is 32.2. The fraction of sp³-hybridized carbons (Fsp3) is 0.333. The maximum absolute atomic E-state index is 13.7. The van der Waals surface area contributed by atoms with E-state index in [0.717, 1.165) is 28.6 Å². The average molecular weight is 635 g/mol. The minimum atomic E-state index is -4.53. The van der Waals surface area contributed by atoms with E-state index < -0.39 is 51.8 Å². The van der Waals surface area contributed by atoms with E-state index in [2.05, 4.69) is 10.6 Å². The Morgan fingerprint density at radius 3 is 2.34 bits per heavy atom. The Kier molecular flexibility index (Phi) is 9.86. The van der Waals surface area contributed by atoms with E-state index in [1.165, 1.54) is 42.3 Å². The number of urea groups is 1. The molecule has 3 aromatic carbocycles. The fourth-order valence-electron chi connectivity index (χ4n) is 4.71. The average Bonchev–Trinajstić information content (AvgIpc) is 2.99. The second-order valence-corrected chi connectivity index (χ2v) is 12.6. The number of anilines is 2.